The Balaban J connectivity index is 1.82. The Kier molecular flexibility index (Phi) is 4.30. The van der Waals surface area contributed by atoms with Crippen LogP contribution in [-0.2, 0) is 13.0 Å². The molecule has 0 bridgehead atoms. The van der Waals surface area contributed by atoms with Gasteiger partial charge in [-0.05, 0) is 49.2 Å². The Bertz CT molecular complexity index is 726. The van der Waals surface area contributed by atoms with Gasteiger partial charge in [-0.1, -0.05) is 13.8 Å². The smallest absolute Gasteiger partial charge is 0.120 e. The summed E-state index contributed by atoms with van der Waals surface area (Å²) in [6.45, 7) is 6.06. The van der Waals surface area contributed by atoms with Gasteiger partial charge in [-0.3, -0.25) is 0 Å². The van der Waals surface area contributed by atoms with E-state index in [2.05, 4.69) is 61.0 Å². The van der Waals surface area contributed by atoms with E-state index in [1.54, 1.807) is 0 Å². The minimum atomic E-state index is 0.779. The van der Waals surface area contributed by atoms with Crippen molar-refractivity contribution in [3.05, 3.63) is 52.3 Å². The van der Waals surface area contributed by atoms with Crippen LogP contribution in [0.1, 0.15) is 30.0 Å². The maximum absolute atomic E-state index is 5.70. The van der Waals surface area contributed by atoms with E-state index < -0.39 is 0 Å². The Morgan fingerprint density at radius 2 is 1.90 bits per heavy atom. The monoisotopic (exact) mass is 299 g/mol. The standard InChI is InChI=1S/C18H21NOS/c1-3-11-20-15-5-8-18-14(12-15)9-10-19(18)13-17-7-6-16(4-2)21-17/h5-10,12H,3-4,11,13H2,1-2H3. The summed E-state index contributed by atoms with van der Waals surface area (Å²) in [5.41, 5.74) is 1.27. The lowest BCUT2D eigenvalue weighted by Crippen LogP contribution is -1.96. The molecule has 0 aliphatic heterocycles. The van der Waals surface area contributed by atoms with E-state index in [-0.39, 0.29) is 0 Å². The third-order valence-corrected chi connectivity index (χ3v) is 4.82. The average Bonchev–Trinajstić information content (AvgIpc) is 3.12. The van der Waals surface area contributed by atoms with Crippen molar-refractivity contribution in [3.63, 3.8) is 0 Å². The molecule has 3 rings (SSSR count). The van der Waals surface area contributed by atoms with Gasteiger partial charge in [-0.25, -0.2) is 0 Å². The molecule has 110 valence electrons. The van der Waals surface area contributed by atoms with Gasteiger partial charge in [-0.2, -0.15) is 0 Å². The van der Waals surface area contributed by atoms with E-state index in [4.69, 9.17) is 4.74 Å². The van der Waals surface area contributed by atoms with Crippen LogP contribution in [0.15, 0.2) is 42.6 Å². The van der Waals surface area contributed by atoms with Crippen LogP contribution < -0.4 is 4.74 Å². The Morgan fingerprint density at radius 3 is 2.67 bits per heavy atom. The van der Waals surface area contributed by atoms with Crippen molar-refractivity contribution in [1.82, 2.24) is 4.57 Å². The molecule has 0 fully saturated rings. The van der Waals surface area contributed by atoms with Crippen LogP contribution in [0.5, 0.6) is 5.75 Å². The molecule has 0 saturated carbocycles. The second kappa shape index (κ2) is 6.35. The minimum absolute atomic E-state index is 0.779. The molecule has 0 radical (unpaired) electrons. The molecule has 21 heavy (non-hydrogen) atoms. The number of aromatic nitrogens is 1. The van der Waals surface area contributed by atoms with Gasteiger partial charge in [0.1, 0.15) is 5.75 Å². The van der Waals surface area contributed by atoms with Crippen LogP contribution in [0, 0.1) is 0 Å². The van der Waals surface area contributed by atoms with E-state index in [0.717, 1.165) is 31.7 Å². The molecular formula is C18H21NOS. The average molecular weight is 299 g/mol. The summed E-state index contributed by atoms with van der Waals surface area (Å²) in [7, 11) is 0. The van der Waals surface area contributed by atoms with Crippen molar-refractivity contribution in [1.29, 1.82) is 0 Å². The highest BCUT2D eigenvalue weighted by Crippen LogP contribution is 2.25. The van der Waals surface area contributed by atoms with Crippen molar-refractivity contribution in [3.8, 4) is 5.75 Å². The lowest BCUT2D eigenvalue weighted by Gasteiger charge is -2.06. The minimum Gasteiger partial charge on any atom is -0.494 e. The van der Waals surface area contributed by atoms with E-state index in [9.17, 15) is 0 Å². The summed E-state index contributed by atoms with van der Waals surface area (Å²) in [5.74, 6) is 0.964. The van der Waals surface area contributed by atoms with Gasteiger partial charge >= 0.3 is 0 Å². The molecule has 3 heteroatoms. The van der Waals surface area contributed by atoms with Gasteiger partial charge in [0.25, 0.3) is 0 Å². The fraction of sp³-hybridized carbons (Fsp3) is 0.333. The van der Waals surface area contributed by atoms with Gasteiger partial charge in [0.2, 0.25) is 0 Å². The second-order valence-corrected chi connectivity index (χ2v) is 6.49. The molecular weight excluding hydrogens is 278 g/mol. The summed E-state index contributed by atoms with van der Waals surface area (Å²) in [5, 5.41) is 1.25. The van der Waals surface area contributed by atoms with Gasteiger partial charge in [0.15, 0.2) is 0 Å². The molecule has 1 aromatic carbocycles. The molecule has 0 amide bonds. The predicted molar refractivity (Wildman–Crippen MR) is 90.5 cm³/mol. The number of ether oxygens (including phenoxy) is 1. The maximum Gasteiger partial charge on any atom is 0.120 e. The summed E-state index contributed by atoms with van der Waals surface area (Å²) >= 11 is 1.91. The lowest BCUT2D eigenvalue weighted by molar-refractivity contribution is 0.318. The van der Waals surface area contributed by atoms with Crippen LogP contribution in [0.25, 0.3) is 10.9 Å². The van der Waals surface area contributed by atoms with Crippen LogP contribution in [0.2, 0.25) is 0 Å². The van der Waals surface area contributed by atoms with E-state index in [1.807, 2.05) is 11.3 Å². The van der Waals surface area contributed by atoms with Crippen molar-refractivity contribution in [2.45, 2.75) is 33.2 Å². The number of thiophene rings is 1. The number of benzene rings is 1. The number of fused-ring (bicyclic) bond motifs is 1. The van der Waals surface area contributed by atoms with Crippen LogP contribution in [-0.4, -0.2) is 11.2 Å². The molecule has 2 nitrogen and oxygen atoms in total. The van der Waals surface area contributed by atoms with Gasteiger partial charge < -0.3 is 9.30 Å². The molecule has 0 aliphatic rings. The Labute approximate surface area is 130 Å². The summed E-state index contributed by atoms with van der Waals surface area (Å²) in [6, 6.07) is 13.0. The van der Waals surface area contributed by atoms with E-state index in [0.29, 0.717) is 0 Å². The van der Waals surface area contributed by atoms with E-state index >= 15 is 0 Å². The highest BCUT2D eigenvalue weighted by Gasteiger charge is 2.05. The summed E-state index contributed by atoms with van der Waals surface area (Å²) in [6.07, 6.45) is 4.33. The SMILES string of the molecule is CCCOc1ccc2c(ccn2Cc2ccc(CC)s2)c1. The molecule has 0 spiro atoms. The number of hydrogen-bond donors (Lipinski definition) is 0. The first-order chi connectivity index (χ1) is 10.3. The molecule has 0 N–H and O–H groups in total. The Hall–Kier alpha value is -1.74. The predicted octanol–water partition coefficient (Wildman–Crippen LogP) is 5.10. The first kappa shape index (κ1) is 14.2. The molecule has 0 saturated heterocycles. The zero-order valence-electron chi connectivity index (χ0n) is 12.6. The van der Waals surface area contributed by atoms with Gasteiger partial charge in [0, 0.05) is 26.9 Å². The second-order valence-electron chi connectivity index (χ2n) is 5.23. The largest absolute Gasteiger partial charge is 0.494 e. The van der Waals surface area contributed by atoms with Crippen LogP contribution in [0.3, 0.4) is 0 Å². The topological polar surface area (TPSA) is 14.2 Å². The number of rotatable bonds is 6. The van der Waals surface area contributed by atoms with Crippen LogP contribution >= 0.6 is 11.3 Å². The molecule has 0 atom stereocenters. The first-order valence-electron chi connectivity index (χ1n) is 7.59. The normalized spacial score (nSPS) is 11.1. The Morgan fingerprint density at radius 1 is 1.05 bits per heavy atom. The highest BCUT2D eigenvalue weighted by atomic mass is 32.1. The fourth-order valence-electron chi connectivity index (χ4n) is 2.49. The quantitative estimate of drug-likeness (QED) is 0.617. The van der Waals surface area contributed by atoms with Crippen molar-refractivity contribution < 1.29 is 4.74 Å². The maximum atomic E-state index is 5.70. The number of aryl methyl sites for hydroxylation is 1. The van der Waals surface area contributed by atoms with E-state index in [1.165, 1.54) is 20.7 Å². The molecule has 3 aromatic rings. The fourth-order valence-corrected chi connectivity index (χ4v) is 3.45. The van der Waals surface area contributed by atoms with Crippen molar-refractivity contribution >= 4 is 22.2 Å². The summed E-state index contributed by atoms with van der Waals surface area (Å²) in [4.78, 5) is 2.87. The number of hydrogen-bond acceptors (Lipinski definition) is 2. The lowest BCUT2D eigenvalue weighted by atomic mass is 10.2. The third kappa shape index (κ3) is 3.13. The molecule has 2 heterocycles. The van der Waals surface area contributed by atoms with Crippen LogP contribution in [0.4, 0.5) is 0 Å². The number of nitrogens with zero attached hydrogens (tertiary/aromatic N) is 1. The molecule has 0 unspecified atom stereocenters. The van der Waals surface area contributed by atoms with Gasteiger partial charge in [-0.15, -0.1) is 11.3 Å². The molecule has 0 aliphatic carbocycles. The summed E-state index contributed by atoms with van der Waals surface area (Å²) < 4.78 is 8.01. The third-order valence-electron chi connectivity index (χ3n) is 3.61. The molecule has 2 aromatic heterocycles. The zero-order chi connectivity index (χ0) is 14.7. The zero-order valence-corrected chi connectivity index (χ0v) is 13.5. The van der Waals surface area contributed by atoms with Crippen molar-refractivity contribution in [2.75, 3.05) is 6.61 Å². The van der Waals surface area contributed by atoms with Crippen molar-refractivity contribution in [2.24, 2.45) is 0 Å². The van der Waals surface area contributed by atoms with Gasteiger partial charge in [0.05, 0.1) is 13.2 Å². The highest BCUT2D eigenvalue weighted by molar-refractivity contribution is 7.11. The first-order valence-corrected chi connectivity index (χ1v) is 8.41.